The second-order valence-corrected chi connectivity index (χ2v) is 9.19. The summed E-state index contributed by atoms with van der Waals surface area (Å²) in [5.41, 5.74) is 5.01. The van der Waals surface area contributed by atoms with Gasteiger partial charge in [-0.25, -0.2) is 0 Å². The molecule has 1 unspecified atom stereocenters. The second-order valence-electron chi connectivity index (χ2n) is 8.12. The van der Waals surface area contributed by atoms with Crippen molar-refractivity contribution in [1.82, 2.24) is 5.32 Å². The van der Waals surface area contributed by atoms with E-state index in [1.54, 1.807) is 12.1 Å². The summed E-state index contributed by atoms with van der Waals surface area (Å²) in [6.07, 6.45) is 1.02. The molecule has 1 fully saturated rings. The Bertz CT molecular complexity index is 1100. The van der Waals surface area contributed by atoms with Gasteiger partial charge in [0.05, 0.1) is 13.2 Å². The summed E-state index contributed by atoms with van der Waals surface area (Å²) >= 11 is -2.37. The fourth-order valence-electron chi connectivity index (χ4n) is 3.93. The number of hydrogen-bond donors (Lipinski definition) is 3. The monoisotopic (exact) mass is 480 g/mol. The smallest absolute Gasteiger partial charge is 0.255 e. The first-order valence-electron chi connectivity index (χ1n) is 11.4. The van der Waals surface area contributed by atoms with E-state index in [0.717, 1.165) is 51.5 Å². The molecule has 0 bridgehead atoms. The summed E-state index contributed by atoms with van der Waals surface area (Å²) in [5, 5.41) is 5.97. The number of carbonyl (C=O) groups excluding carboxylic acids is 1. The van der Waals surface area contributed by atoms with Crippen LogP contribution in [0.15, 0.2) is 77.7 Å². The summed E-state index contributed by atoms with van der Waals surface area (Å²) in [6.45, 7) is 5.67. The Hall–Kier alpha value is -3.04. The molecular formula is C26H30N3O4S+. The topological polar surface area (TPSA) is 90.9 Å². The van der Waals surface area contributed by atoms with Gasteiger partial charge in [0.2, 0.25) is 11.1 Å². The van der Waals surface area contributed by atoms with E-state index in [1.165, 1.54) is 23.3 Å². The minimum Gasteiger partial charge on any atom is -0.379 e. The highest BCUT2D eigenvalue weighted by atomic mass is 32.2. The number of ether oxygens (including phenoxy) is 1. The number of benzene rings is 3. The van der Waals surface area contributed by atoms with Crippen molar-refractivity contribution in [2.75, 3.05) is 43.1 Å². The first kappa shape index (κ1) is 24.1. The molecule has 178 valence electrons. The summed E-state index contributed by atoms with van der Waals surface area (Å²) in [7, 11) is 0. The molecule has 3 aromatic rings. The molecule has 0 aliphatic carbocycles. The molecule has 1 saturated heterocycles. The molecule has 7 nitrogen and oxygen atoms in total. The van der Waals surface area contributed by atoms with Crippen LogP contribution < -0.4 is 15.5 Å². The summed E-state index contributed by atoms with van der Waals surface area (Å²) in [5.74, 6) is -0.211. The van der Waals surface area contributed by atoms with Gasteiger partial charge in [-0.15, -0.1) is 0 Å². The first-order chi connectivity index (χ1) is 16.6. The molecule has 1 atom stereocenters. The number of carbonyl (C=O) groups is 1. The zero-order chi connectivity index (χ0) is 23.8. The molecule has 34 heavy (non-hydrogen) atoms. The number of hydrogen-bond acceptors (Lipinski definition) is 5. The SMILES string of the molecule is C1COCCN1.O=C(Nc1ccc([SH+](=O)O)cc1)c1ccc(N2CCc3ccccc3C2)cc1. The van der Waals surface area contributed by atoms with Crippen molar-refractivity contribution in [3.8, 4) is 0 Å². The van der Waals surface area contributed by atoms with Gasteiger partial charge in [-0.05, 0) is 66.1 Å². The normalized spacial score (nSPS) is 16.0. The van der Waals surface area contributed by atoms with Gasteiger partial charge in [-0.1, -0.05) is 28.5 Å². The molecule has 0 radical (unpaired) electrons. The minimum absolute atomic E-state index is 0.211. The number of nitrogens with one attached hydrogen (secondary N) is 2. The molecule has 0 spiro atoms. The van der Waals surface area contributed by atoms with Gasteiger partial charge < -0.3 is 20.3 Å². The van der Waals surface area contributed by atoms with Crippen molar-refractivity contribution in [2.45, 2.75) is 17.9 Å². The molecule has 0 aromatic heterocycles. The number of morpholine rings is 1. The zero-order valence-electron chi connectivity index (χ0n) is 18.9. The van der Waals surface area contributed by atoms with Gasteiger partial charge in [-0.2, -0.15) is 4.55 Å². The Kier molecular flexibility index (Phi) is 8.43. The van der Waals surface area contributed by atoms with E-state index in [4.69, 9.17) is 9.29 Å². The van der Waals surface area contributed by atoms with Crippen LogP contribution in [-0.2, 0) is 33.0 Å². The number of thiol groups is 1. The van der Waals surface area contributed by atoms with Crippen molar-refractivity contribution < 1.29 is 18.3 Å². The van der Waals surface area contributed by atoms with E-state index in [-0.39, 0.29) is 5.91 Å². The Morgan fingerprint density at radius 3 is 2.21 bits per heavy atom. The van der Waals surface area contributed by atoms with Gasteiger partial charge in [0.15, 0.2) is 4.90 Å². The van der Waals surface area contributed by atoms with Crippen LogP contribution in [0.3, 0.4) is 0 Å². The molecule has 2 aliphatic heterocycles. The second kappa shape index (κ2) is 11.9. The number of fused-ring (bicyclic) bond motifs is 1. The van der Waals surface area contributed by atoms with Crippen LogP contribution in [0.2, 0.25) is 0 Å². The predicted molar refractivity (Wildman–Crippen MR) is 136 cm³/mol. The van der Waals surface area contributed by atoms with Crippen LogP contribution in [0.4, 0.5) is 11.4 Å². The lowest BCUT2D eigenvalue weighted by Gasteiger charge is -2.30. The third-order valence-electron chi connectivity index (χ3n) is 5.82. The highest BCUT2D eigenvalue weighted by molar-refractivity contribution is 7.79. The van der Waals surface area contributed by atoms with Crippen LogP contribution in [0.1, 0.15) is 21.5 Å². The van der Waals surface area contributed by atoms with E-state index < -0.39 is 11.1 Å². The Morgan fingerprint density at radius 2 is 1.62 bits per heavy atom. The summed E-state index contributed by atoms with van der Waals surface area (Å²) in [6, 6.07) is 22.4. The van der Waals surface area contributed by atoms with E-state index in [9.17, 15) is 9.00 Å². The van der Waals surface area contributed by atoms with Crippen LogP contribution in [0, 0.1) is 0 Å². The highest BCUT2D eigenvalue weighted by Gasteiger charge is 2.16. The molecule has 3 aromatic carbocycles. The third-order valence-corrected chi connectivity index (χ3v) is 6.56. The molecule has 2 heterocycles. The summed E-state index contributed by atoms with van der Waals surface area (Å²) in [4.78, 5) is 15.1. The average Bonchev–Trinajstić information content (AvgIpc) is 2.90. The fraction of sp³-hybridized carbons (Fsp3) is 0.269. The zero-order valence-corrected chi connectivity index (χ0v) is 19.8. The first-order valence-corrected chi connectivity index (χ1v) is 12.6. The highest BCUT2D eigenvalue weighted by Crippen LogP contribution is 2.25. The van der Waals surface area contributed by atoms with Crippen LogP contribution >= 0.6 is 0 Å². The molecule has 1 amide bonds. The summed E-state index contributed by atoms with van der Waals surface area (Å²) < 4.78 is 25.1. The maximum atomic E-state index is 12.5. The Labute approximate surface area is 202 Å². The Balaban J connectivity index is 0.000000398. The number of rotatable bonds is 4. The van der Waals surface area contributed by atoms with Gasteiger partial charge in [-0.3, -0.25) is 4.79 Å². The van der Waals surface area contributed by atoms with Crippen LogP contribution in [0.5, 0.6) is 0 Å². The van der Waals surface area contributed by atoms with E-state index >= 15 is 0 Å². The lowest BCUT2D eigenvalue weighted by Crippen LogP contribution is -2.30. The molecule has 2 aliphatic rings. The largest absolute Gasteiger partial charge is 0.379 e. The van der Waals surface area contributed by atoms with Crippen molar-refractivity contribution in [3.63, 3.8) is 0 Å². The van der Waals surface area contributed by atoms with Crippen LogP contribution in [0.25, 0.3) is 0 Å². The molecule has 5 rings (SSSR count). The van der Waals surface area contributed by atoms with Gasteiger partial charge >= 0.3 is 0 Å². The van der Waals surface area contributed by atoms with E-state index in [1.807, 2.05) is 24.3 Å². The average molecular weight is 481 g/mol. The van der Waals surface area contributed by atoms with Gasteiger partial charge in [0.1, 0.15) is 0 Å². The number of amides is 1. The third kappa shape index (κ3) is 6.51. The standard InChI is InChI=1S/C22H20N2O3S.C4H9NO/c25-22(23-19-7-11-21(12-8-19)28(26)27)17-5-9-20(10-6-17)24-14-13-16-3-1-2-4-18(16)15-24;1-3-6-4-2-5-1/h1-12H,13-15H2,(H,23,25)(H,26,27);5H,1-4H2/p+1. The minimum atomic E-state index is -2.37. The van der Waals surface area contributed by atoms with Crippen molar-refractivity contribution in [2.24, 2.45) is 0 Å². The molecular weight excluding hydrogens is 450 g/mol. The van der Waals surface area contributed by atoms with Gasteiger partial charge in [0.25, 0.3) is 5.91 Å². The van der Waals surface area contributed by atoms with Crippen LogP contribution in [-0.4, -0.2) is 43.3 Å². The maximum absolute atomic E-state index is 12.5. The predicted octanol–water partition coefficient (Wildman–Crippen LogP) is 3.64. The van der Waals surface area contributed by atoms with E-state index in [0.29, 0.717) is 16.1 Å². The number of anilines is 2. The Morgan fingerprint density at radius 1 is 0.941 bits per heavy atom. The van der Waals surface area contributed by atoms with Crippen molar-refractivity contribution >= 4 is 28.4 Å². The quantitative estimate of drug-likeness (QED) is 0.390. The van der Waals surface area contributed by atoms with Crippen molar-refractivity contribution in [1.29, 1.82) is 0 Å². The molecule has 8 heteroatoms. The van der Waals surface area contributed by atoms with E-state index in [2.05, 4.69) is 39.8 Å². The lowest BCUT2D eigenvalue weighted by molar-refractivity contribution is 0.102. The molecule has 0 saturated carbocycles. The molecule has 3 N–H and O–H groups in total. The van der Waals surface area contributed by atoms with Gasteiger partial charge in [0, 0.05) is 43.1 Å². The van der Waals surface area contributed by atoms with Crippen molar-refractivity contribution in [3.05, 3.63) is 89.5 Å². The fourth-order valence-corrected chi connectivity index (χ4v) is 4.34. The number of nitrogens with zero attached hydrogens (tertiary/aromatic N) is 1. The lowest BCUT2D eigenvalue weighted by atomic mass is 9.99. The maximum Gasteiger partial charge on any atom is 0.255 e.